The second-order valence-electron chi connectivity index (χ2n) is 6.88. The number of nitrogens with one attached hydrogen (secondary N) is 1. The van der Waals surface area contributed by atoms with Crippen LogP contribution in [-0.2, 0) is 4.79 Å². The van der Waals surface area contributed by atoms with Crippen LogP contribution < -0.4 is 14.8 Å². The molecule has 160 valence electrons. The number of carbonyl (C=O) groups excluding carboxylic acids is 1. The van der Waals surface area contributed by atoms with Crippen LogP contribution in [0.2, 0.25) is 0 Å². The Balaban J connectivity index is 1.70. The van der Waals surface area contributed by atoms with E-state index >= 15 is 0 Å². The molecule has 30 heavy (non-hydrogen) atoms. The number of hydrogen-bond acceptors (Lipinski definition) is 8. The molecule has 9 nitrogen and oxygen atoms in total. The first kappa shape index (κ1) is 21.7. The summed E-state index contributed by atoms with van der Waals surface area (Å²) in [5.41, 5.74) is 0. The molecule has 0 aliphatic heterocycles. The molecule has 0 saturated heterocycles. The number of thioether (sulfide) groups is 1. The smallest absolute Gasteiger partial charge is 0.236 e. The Bertz CT molecular complexity index is 1000. The van der Waals surface area contributed by atoms with E-state index in [1.165, 1.54) is 11.8 Å². The number of rotatable bonds is 9. The van der Waals surface area contributed by atoms with E-state index in [1.54, 1.807) is 20.1 Å². The van der Waals surface area contributed by atoms with E-state index in [4.69, 9.17) is 14.0 Å². The third kappa shape index (κ3) is 5.12. The van der Waals surface area contributed by atoms with Crippen molar-refractivity contribution in [2.75, 3.05) is 18.2 Å². The lowest BCUT2D eigenvalue weighted by atomic mass is 10.3. The van der Waals surface area contributed by atoms with Gasteiger partial charge in [-0.25, -0.2) is 0 Å². The summed E-state index contributed by atoms with van der Waals surface area (Å²) < 4.78 is 18.4. The molecule has 2 aromatic heterocycles. The van der Waals surface area contributed by atoms with Crippen LogP contribution in [0.4, 0.5) is 5.82 Å². The van der Waals surface area contributed by atoms with Crippen LogP contribution in [0, 0.1) is 6.92 Å². The molecule has 1 N–H and O–H groups in total. The lowest BCUT2D eigenvalue weighted by Crippen LogP contribution is -2.16. The molecule has 1 atom stereocenters. The third-order valence-corrected chi connectivity index (χ3v) is 5.11. The van der Waals surface area contributed by atoms with Gasteiger partial charge in [0.05, 0.1) is 12.9 Å². The number of ether oxygens (including phenoxy) is 2. The molecular weight excluding hydrogens is 406 g/mol. The highest BCUT2D eigenvalue weighted by molar-refractivity contribution is 7.99. The molecule has 0 aliphatic rings. The molecule has 0 spiro atoms. The van der Waals surface area contributed by atoms with Gasteiger partial charge in [-0.15, -0.1) is 10.2 Å². The van der Waals surface area contributed by atoms with Gasteiger partial charge in [-0.1, -0.05) is 29.1 Å². The highest BCUT2D eigenvalue weighted by atomic mass is 32.2. The van der Waals surface area contributed by atoms with Crippen LogP contribution in [0.1, 0.15) is 44.5 Å². The number of amides is 1. The van der Waals surface area contributed by atoms with Gasteiger partial charge in [0.25, 0.3) is 0 Å². The zero-order chi connectivity index (χ0) is 21.7. The summed E-state index contributed by atoms with van der Waals surface area (Å²) in [6.07, 6.45) is -0.363. The van der Waals surface area contributed by atoms with Gasteiger partial charge in [-0.3, -0.25) is 4.79 Å². The van der Waals surface area contributed by atoms with Gasteiger partial charge in [0.1, 0.15) is 5.76 Å². The van der Waals surface area contributed by atoms with E-state index in [9.17, 15) is 4.79 Å². The fraction of sp³-hybridized carbons (Fsp3) is 0.400. The van der Waals surface area contributed by atoms with E-state index in [1.807, 2.05) is 49.6 Å². The Labute approximate surface area is 179 Å². The quantitative estimate of drug-likeness (QED) is 0.506. The van der Waals surface area contributed by atoms with Crippen molar-refractivity contribution >= 4 is 23.5 Å². The summed E-state index contributed by atoms with van der Waals surface area (Å²) in [5.74, 6) is 2.93. The fourth-order valence-electron chi connectivity index (χ4n) is 2.84. The molecule has 0 fully saturated rings. The minimum atomic E-state index is -0.363. The molecule has 1 unspecified atom stereocenters. The Kier molecular flexibility index (Phi) is 6.99. The summed E-state index contributed by atoms with van der Waals surface area (Å²) >= 11 is 1.30. The number of aromatic nitrogens is 4. The SMILES string of the molecule is COc1ccccc1OC(C)c1nnc(SCC(=O)Nc2cc(C)on2)n1C(C)C. The van der Waals surface area contributed by atoms with Crippen molar-refractivity contribution in [2.24, 2.45) is 0 Å². The molecule has 3 rings (SSSR count). The van der Waals surface area contributed by atoms with Gasteiger partial charge < -0.3 is 23.9 Å². The summed E-state index contributed by atoms with van der Waals surface area (Å²) in [7, 11) is 1.60. The Hall–Kier alpha value is -3.01. The lowest BCUT2D eigenvalue weighted by Gasteiger charge is -2.19. The highest BCUT2D eigenvalue weighted by Crippen LogP contribution is 2.32. The van der Waals surface area contributed by atoms with Crippen molar-refractivity contribution in [1.82, 2.24) is 19.9 Å². The molecule has 0 aliphatic carbocycles. The molecule has 2 heterocycles. The number of carbonyl (C=O) groups is 1. The molecular formula is C20H25N5O4S. The number of para-hydroxylation sites is 2. The number of methoxy groups -OCH3 is 1. The molecule has 0 radical (unpaired) electrons. The second kappa shape index (κ2) is 9.66. The third-order valence-electron chi connectivity index (χ3n) is 4.17. The maximum Gasteiger partial charge on any atom is 0.236 e. The van der Waals surface area contributed by atoms with Gasteiger partial charge in [-0.05, 0) is 39.8 Å². The highest BCUT2D eigenvalue weighted by Gasteiger charge is 2.23. The zero-order valence-corrected chi connectivity index (χ0v) is 18.4. The minimum Gasteiger partial charge on any atom is -0.493 e. The largest absolute Gasteiger partial charge is 0.493 e. The van der Waals surface area contributed by atoms with E-state index in [-0.39, 0.29) is 23.8 Å². The van der Waals surface area contributed by atoms with Crippen LogP contribution in [0.3, 0.4) is 0 Å². The van der Waals surface area contributed by atoms with Crippen molar-refractivity contribution in [2.45, 2.75) is 45.0 Å². The first-order valence-corrected chi connectivity index (χ1v) is 10.5. The van der Waals surface area contributed by atoms with Crippen molar-refractivity contribution in [3.05, 3.63) is 41.9 Å². The molecule has 0 bridgehead atoms. The second-order valence-corrected chi connectivity index (χ2v) is 7.82. The first-order chi connectivity index (χ1) is 14.4. The average molecular weight is 432 g/mol. The van der Waals surface area contributed by atoms with Crippen molar-refractivity contribution in [1.29, 1.82) is 0 Å². The van der Waals surface area contributed by atoms with Gasteiger partial charge in [0.15, 0.2) is 34.4 Å². The van der Waals surface area contributed by atoms with Gasteiger partial charge in [0, 0.05) is 12.1 Å². The fourth-order valence-corrected chi connectivity index (χ4v) is 3.72. The summed E-state index contributed by atoms with van der Waals surface area (Å²) in [4.78, 5) is 12.2. The van der Waals surface area contributed by atoms with Gasteiger partial charge >= 0.3 is 0 Å². The van der Waals surface area contributed by atoms with E-state index in [2.05, 4.69) is 20.7 Å². The number of aryl methyl sites for hydroxylation is 1. The van der Waals surface area contributed by atoms with Crippen LogP contribution in [0.15, 0.2) is 40.0 Å². The number of hydrogen-bond donors (Lipinski definition) is 1. The predicted octanol–water partition coefficient (Wildman–Crippen LogP) is 4.03. The Morgan fingerprint density at radius 2 is 1.97 bits per heavy atom. The Morgan fingerprint density at radius 3 is 2.60 bits per heavy atom. The molecule has 1 aromatic carbocycles. The van der Waals surface area contributed by atoms with Crippen LogP contribution >= 0.6 is 11.8 Å². The number of anilines is 1. The standard InChI is InChI=1S/C20H25N5O4S/c1-12(2)25-19(14(4)28-16-9-7-6-8-15(16)27-5)22-23-20(25)30-11-18(26)21-17-10-13(3)29-24-17/h6-10,12,14H,11H2,1-5H3,(H,21,24,26). The average Bonchev–Trinajstić information content (AvgIpc) is 3.32. The predicted molar refractivity (Wildman–Crippen MR) is 113 cm³/mol. The lowest BCUT2D eigenvalue weighted by molar-refractivity contribution is -0.113. The van der Waals surface area contributed by atoms with Crippen molar-refractivity contribution in [3.8, 4) is 11.5 Å². The minimum absolute atomic E-state index is 0.0856. The maximum absolute atomic E-state index is 12.2. The normalized spacial score (nSPS) is 12.1. The van der Waals surface area contributed by atoms with Crippen LogP contribution in [0.5, 0.6) is 11.5 Å². The first-order valence-electron chi connectivity index (χ1n) is 9.49. The van der Waals surface area contributed by atoms with Gasteiger partial charge in [0.2, 0.25) is 5.91 Å². The summed E-state index contributed by atoms with van der Waals surface area (Å²) in [5, 5.41) is 15.7. The van der Waals surface area contributed by atoms with Crippen LogP contribution in [-0.4, -0.2) is 38.7 Å². The zero-order valence-electron chi connectivity index (χ0n) is 17.6. The molecule has 10 heteroatoms. The molecule has 3 aromatic rings. The molecule has 0 saturated carbocycles. The van der Waals surface area contributed by atoms with E-state index < -0.39 is 0 Å². The van der Waals surface area contributed by atoms with Crippen LogP contribution in [0.25, 0.3) is 0 Å². The van der Waals surface area contributed by atoms with E-state index in [0.717, 1.165) is 0 Å². The van der Waals surface area contributed by atoms with E-state index in [0.29, 0.717) is 34.1 Å². The summed E-state index contributed by atoms with van der Waals surface area (Å²) in [6.45, 7) is 7.73. The number of benzene rings is 1. The Morgan fingerprint density at radius 1 is 1.23 bits per heavy atom. The maximum atomic E-state index is 12.2. The molecule has 1 amide bonds. The van der Waals surface area contributed by atoms with Crippen molar-refractivity contribution in [3.63, 3.8) is 0 Å². The van der Waals surface area contributed by atoms with Crippen molar-refractivity contribution < 1.29 is 18.8 Å². The topological polar surface area (TPSA) is 104 Å². The van der Waals surface area contributed by atoms with Gasteiger partial charge in [-0.2, -0.15) is 0 Å². The number of nitrogens with zero attached hydrogens (tertiary/aromatic N) is 4. The summed E-state index contributed by atoms with van der Waals surface area (Å²) in [6, 6.07) is 9.19. The monoisotopic (exact) mass is 431 g/mol.